The van der Waals surface area contributed by atoms with Crippen molar-refractivity contribution in [2.45, 2.75) is 13.8 Å². The third-order valence-corrected chi connectivity index (χ3v) is 1.49. The molecule has 74 valence electrons. The van der Waals surface area contributed by atoms with E-state index in [1.807, 2.05) is 49.5 Å². The number of hydrogen-bond acceptors (Lipinski definition) is 0. The summed E-state index contributed by atoms with van der Waals surface area (Å²) in [6.07, 6.45) is 19.8. The predicted octanol–water partition coefficient (Wildman–Crippen LogP) is 4.36. The normalized spacial score (nSPS) is 14.0. The monoisotopic (exact) mass is 186 g/mol. The lowest BCUT2D eigenvalue weighted by molar-refractivity contribution is 1.52. The zero-order chi connectivity index (χ0) is 10.6. The van der Waals surface area contributed by atoms with Crippen LogP contribution in [0.3, 0.4) is 0 Å². The van der Waals surface area contributed by atoms with Crippen LogP contribution in [-0.2, 0) is 0 Å². The van der Waals surface area contributed by atoms with Crippen LogP contribution >= 0.6 is 0 Å². The zero-order valence-corrected chi connectivity index (χ0v) is 8.98. The molecule has 0 radical (unpaired) electrons. The maximum atomic E-state index is 3.59. The van der Waals surface area contributed by atoms with Crippen molar-refractivity contribution in [2.75, 3.05) is 0 Å². The molecule has 0 N–H and O–H groups in total. The first-order valence-electron chi connectivity index (χ1n) is 4.73. The third-order valence-electron chi connectivity index (χ3n) is 1.49. The van der Waals surface area contributed by atoms with E-state index in [0.717, 1.165) is 0 Å². The molecule has 0 unspecified atom stereocenters. The third kappa shape index (κ3) is 8.54. The van der Waals surface area contributed by atoms with Gasteiger partial charge in [-0.3, -0.25) is 0 Å². The van der Waals surface area contributed by atoms with Crippen molar-refractivity contribution < 1.29 is 0 Å². The molecule has 0 saturated heterocycles. The highest BCUT2D eigenvalue weighted by molar-refractivity contribution is 5.25. The van der Waals surface area contributed by atoms with Crippen LogP contribution in [0.2, 0.25) is 0 Å². The summed E-state index contributed by atoms with van der Waals surface area (Å²) in [5.41, 5.74) is 1.23. The van der Waals surface area contributed by atoms with Gasteiger partial charge < -0.3 is 0 Å². The van der Waals surface area contributed by atoms with Gasteiger partial charge in [0.15, 0.2) is 0 Å². The van der Waals surface area contributed by atoms with E-state index in [1.54, 1.807) is 6.08 Å². The smallest absolute Gasteiger partial charge is 0.0398 e. The van der Waals surface area contributed by atoms with Gasteiger partial charge in [-0.1, -0.05) is 72.9 Å². The van der Waals surface area contributed by atoms with Crippen molar-refractivity contribution in [1.82, 2.24) is 0 Å². The van der Waals surface area contributed by atoms with Gasteiger partial charge in [0, 0.05) is 0 Å². The summed E-state index contributed by atoms with van der Waals surface area (Å²) in [7, 11) is 0. The lowest BCUT2D eigenvalue weighted by atomic mass is 10.2. The maximum Gasteiger partial charge on any atom is -0.0398 e. The molecule has 0 rings (SSSR count). The minimum absolute atomic E-state index is 1.23. The van der Waals surface area contributed by atoms with Gasteiger partial charge in [-0.05, 0) is 13.8 Å². The van der Waals surface area contributed by atoms with E-state index in [1.165, 1.54) is 5.57 Å². The molecule has 0 fully saturated rings. The van der Waals surface area contributed by atoms with Crippen LogP contribution < -0.4 is 0 Å². The topological polar surface area (TPSA) is 0 Å². The Labute approximate surface area is 87.3 Å². The summed E-state index contributed by atoms with van der Waals surface area (Å²) < 4.78 is 0. The average Bonchev–Trinajstić information content (AvgIpc) is 2.18. The van der Waals surface area contributed by atoms with Gasteiger partial charge in [0.05, 0.1) is 0 Å². The maximum absolute atomic E-state index is 3.59. The van der Waals surface area contributed by atoms with Gasteiger partial charge in [-0.15, -0.1) is 0 Å². The Morgan fingerprint density at radius 1 is 0.929 bits per heavy atom. The second-order valence-electron chi connectivity index (χ2n) is 2.80. The fourth-order valence-electron chi connectivity index (χ4n) is 0.788. The van der Waals surface area contributed by atoms with Crippen molar-refractivity contribution in [3.8, 4) is 0 Å². The first kappa shape index (κ1) is 12.4. The fourth-order valence-corrected chi connectivity index (χ4v) is 0.788. The standard InChI is InChI=1S/C14H18/c1-4-6-8-9-11-13-14(3)12-10-7-5-2/h4-13H,1H2,2-3H3/b7-5+,8-6-,11-9-,12-10-,14-13-. The first-order chi connectivity index (χ1) is 6.81. The summed E-state index contributed by atoms with van der Waals surface area (Å²) >= 11 is 0. The summed E-state index contributed by atoms with van der Waals surface area (Å²) in [6.45, 7) is 7.66. The quantitative estimate of drug-likeness (QED) is 0.559. The molecule has 0 heterocycles. The number of allylic oxidation sites excluding steroid dienone is 11. The van der Waals surface area contributed by atoms with Crippen molar-refractivity contribution in [3.63, 3.8) is 0 Å². The molecule has 0 aromatic heterocycles. The van der Waals surface area contributed by atoms with Crippen LogP contribution in [0.4, 0.5) is 0 Å². The lowest BCUT2D eigenvalue weighted by Gasteiger charge is -1.85. The molecule has 0 aromatic carbocycles. The Kier molecular flexibility index (Phi) is 8.47. The van der Waals surface area contributed by atoms with Gasteiger partial charge in [0.25, 0.3) is 0 Å². The van der Waals surface area contributed by atoms with Crippen LogP contribution in [-0.4, -0.2) is 0 Å². The Hall–Kier alpha value is -1.56. The van der Waals surface area contributed by atoms with Crippen molar-refractivity contribution in [1.29, 1.82) is 0 Å². The van der Waals surface area contributed by atoms with Gasteiger partial charge >= 0.3 is 0 Å². The van der Waals surface area contributed by atoms with Crippen molar-refractivity contribution in [3.05, 3.63) is 72.9 Å². The van der Waals surface area contributed by atoms with E-state index in [9.17, 15) is 0 Å². The molecule has 0 aliphatic carbocycles. The highest BCUT2D eigenvalue weighted by Crippen LogP contribution is 1.95. The second-order valence-corrected chi connectivity index (χ2v) is 2.80. The predicted molar refractivity (Wildman–Crippen MR) is 66.2 cm³/mol. The molecular weight excluding hydrogens is 168 g/mol. The van der Waals surface area contributed by atoms with Crippen LogP contribution in [0.5, 0.6) is 0 Å². The fraction of sp³-hybridized carbons (Fsp3) is 0.143. The van der Waals surface area contributed by atoms with Crippen LogP contribution in [0.15, 0.2) is 72.9 Å². The lowest BCUT2D eigenvalue weighted by Crippen LogP contribution is -1.64. The molecule has 0 atom stereocenters. The van der Waals surface area contributed by atoms with E-state index in [4.69, 9.17) is 0 Å². The van der Waals surface area contributed by atoms with E-state index in [2.05, 4.69) is 25.7 Å². The minimum atomic E-state index is 1.23. The first-order valence-corrected chi connectivity index (χ1v) is 4.73. The largest absolute Gasteiger partial charge is 0.0991 e. The molecule has 0 aliphatic heterocycles. The Bertz CT molecular complexity index is 283. The molecule has 0 saturated carbocycles. The molecule has 0 heteroatoms. The molecule has 0 amide bonds. The highest BCUT2D eigenvalue weighted by atomic mass is 13.8. The van der Waals surface area contributed by atoms with Crippen LogP contribution in [0.1, 0.15) is 13.8 Å². The molecule has 0 aliphatic rings. The molecule has 0 bridgehead atoms. The molecule has 0 aromatic rings. The molecular formula is C14H18. The molecule has 0 nitrogen and oxygen atoms in total. The van der Waals surface area contributed by atoms with E-state index >= 15 is 0 Å². The SMILES string of the molecule is C=C\C=C/C=C\C=C(C)/C=C\C=C\C. The average molecular weight is 186 g/mol. The van der Waals surface area contributed by atoms with E-state index in [-0.39, 0.29) is 0 Å². The summed E-state index contributed by atoms with van der Waals surface area (Å²) in [5.74, 6) is 0. The summed E-state index contributed by atoms with van der Waals surface area (Å²) in [5, 5.41) is 0. The number of hydrogen-bond donors (Lipinski definition) is 0. The summed E-state index contributed by atoms with van der Waals surface area (Å²) in [6, 6.07) is 0. The Morgan fingerprint density at radius 3 is 2.29 bits per heavy atom. The summed E-state index contributed by atoms with van der Waals surface area (Å²) in [4.78, 5) is 0. The Balaban J connectivity index is 4.04. The van der Waals surface area contributed by atoms with Gasteiger partial charge in [0.1, 0.15) is 0 Å². The van der Waals surface area contributed by atoms with E-state index in [0.29, 0.717) is 0 Å². The zero-order valence-electron chi connectivity index (χ0n) is 8.98. The van der Waals surface area contributed by atoms with E-state index < -0.39 is 0 Å². The molecule has 14 heavy (non-hydrogen) atoms. The van der Waals surface area contributed by atoms with Crippen molar-refractivity contribution in [2.24, 2.45) is 0 Å². The van der Waals surface area contributed by atoms with Gasteiger partial charge in [-0.2, -0.15) is 0 Å². The van der Waals surface area contributed by atoms with Crippen molar-refractivity contribution >= 4 is 0 Å². The Morgan fingerprint density at radius 2 is 1.64 bits per heavy atom. The van der Waals surface area contributed by atoms with Crippen LogP contribution in [0, 0.1) is 0 Å². The number of rotatable bonds is 5. The minimum Gasteiger partial charge on any atom is -0.0991 e. The molecule has 0 spiro atoms. The van der Waals surface area contributed by atoms with Gasteiger partial charge in [-0.25, -0.2) is 0 Å². The highest BCUT2D eigenvalue weighted by Gasteiger charge is 1.74. The van der Waals surface area contributed by atoms with Gasteiger partial charge in [0.2, 0.25) is 0 Å². The van der Waals surface area contributed by atoms with Crippen LogP contribution in [0.25, 0.3) is 0 Å². The second kappa shape index (κ2) is 9.53.